The van der Waals surface area contributed by atoms with Crippen LogP contribution in [0.25, 0.3) is 0 Å². The van der Waals surface area contributed by atoms with Crippen LogP contribution in [0.5, 0.6) is 11.5 Å². The summed E-state index contributed by atoms with van der Waals surface area (Å²) in [5.41, 5.74) is 1.15. The van der Waals surface area contributed by atoms with Crippen molar-refractivity contribution in [3.63, 3.8) is 0 Å². The SMILES string of the molecule is Cc1ccc(OCC(=O)N2CCC(NC(=O)CCOc3ccccc3)CC2)cc1. The normalized spacial score (nSPS) is 14.3. The fraction of sp³-hybridized carbons (Fsp3) is 0.391. The molecule has 1 aliphatic rings. The molecule has 154 valence electrons. The first kappa shape index (κ1) is 20.7. The molecule has 0 unspecified atom stereocenters. The average Bonchev–Trinajstić information content (AvgIpc) is 2.74. The molecule has 0 atom stereocenters. The van der Waals surface area contributed by atoms with Crippen LogP contribution >= 0.6 is 0 Å². The highest BCUT2D eigenvalue weighted by molar-refractivity contribution is 5.78. The summed E-state index contributed by atoms with van der Waals surface area (Å²) in [6, 6.07) is 17.2. The summed E-state index contributed by atoms with van der Waals surface area (Å²) in [5.74, 6) is 1.42. The number of ether oxygens (including phenoxy) is 2. The lowest BCUT2D eigenvalue weighted by atomic mass is 10.0. The Morgan fingerprint density at radius 3 is 2.31 bits per heavy atom. The van der Waals surface area contributed by atoms with E-state index in [1.54, 1.807) is 4.90 Å². The standard InChI is InChI=1S/C23H28N2O4/c1-18-7-9-21(10-8-18)29-17-23(27)25-14-11-19(12-15-25)24-22(26)13-16-28-20-5-3-2-4-6-20/h2-10,19H,11-17H2,1H3,(H,24,26). The van der Waals surface area contributed by atoms with Crippen LogP contribution in [-0.4, -0.2) is 49.1 Å². The van der Waals surface area contributed by atoms with Gasteiger partial charge in [-0.05, 0) is 44.0 Å². The van der Waals surface area contributed by atoms with Gasteiger partial charge in [0.15, 0.2) is 6.61 Å². The average molecular weight is 396 g/mol. The molecule has 2 aromatic carbocycles. The van der Waals surface area contributed by atoms with Gasteiger partial charge in [-0.1, -0.05) is 35.9 Å². The number of hydrogen-bond donors (Lipinski definition) is 1. The Morgan fingerprint density at radius 2 is 1.62 bits per heavy atom. The number of para-hydroxylation sites is 1. The monoisotopic (exact) mass is 396 g/mol. The summed E-state index contributed by atoms with van der Waals surface area (Å²) < 4.78 is 11.1. The molecule has 0 spiro atoms. The Kier molecular flexibility index (Phi) is 7.50. The molecule has 1 fully saturated rings. The zero-order chi connectivity index (χ0) is 20.5. The number of carbonyl (C=O) groups excluding carboxylic acids is 2. The van der Waals surface area contributed by atoms with Crippen molar-refractivity contribution in [3.8, 4) is 11.5 Å². The summed E-state index contributed by atoms with van der Waals surface area (Å²) in [5, 5.41) is 3.04. The molecule has 29 heavy (non-hydrogen) atoms. The maximum atomic E-state index is 12.3. The van der Waals surface area contributed by atoms with E-state index in [2.05, 4.69) is 5.32 Å². The van der Waals surface area contributed by atoms with Crippen LogP contribution in [0.2, 0.25) is 0 Å². The van der Waals surface area contributed by atoms with Gasteiger partial charge in [-0.3, -0.25) is 9.59 Å². The minimum absolute atomic E-state index is 0.0200. The van der Waals surface area contributed by atoms with Gasteiger partial charge in [-0.15, -0.1) is 0 Å². The van der Waals surface area contributed by atoms with Crippen LogP contribution in [0, 0.1) is 6.92 Å². The Balaban J connectivity index is 1.31. The Labute approximate surface area is 171 Å². The molecular weight excluding hydrogens is 368 g/mol. The number of nitrogens with zero attached hydrogens (tertiary/aromatic N) is 1. The van der Waals surface area contributed by atoms with E-state index in [9.17, 15) is 9.59 Å². The molecule has 6 heteroatoms. The van der Waals surface area contributed by atoms with E-state index in [0.29, 0.717) is 31.9 Å². The predicted octanol–water partition coefficient (Wildman–Crippen LogP) is 2.95. The first-order chi connectivity index (χ1) is 14.1. The molecule has 0 saturated carbocycles. The molecule has 1 N–H and O–H groups in total. The van der Waals surface area contributed by atoms with Crippen LogP contribution in [0.4, 0.5) is 0 Å². The molecule has 1 saturated heterocycles. The van der Waals surface area contributed by atoms with E-state index < -0.39 is 0 Å². The minimum atomic E-state index is -0.0217. The van der Waals surface area contributed by atoms with Crippen LogP contribution in [0.3, 0.4) is 0 Å². The van der Waals surface area contributed by atoms with E-state index in [0.717, 1.165) is 24.2 Å². The third-order valence-corrected chi connectivity index (χ3v) is 4.94. The summed E-state index contributed by atoms with van der Waals surface area (Å²) in [7, 11) is 0. The van der Waals surface area contributed by atoms with Crippen LogP contribution in [0.1, 0.15) is 24.8 Å². The van der Waals surface area contributed by atoms with Crippen molar-refractivity contribution < 1.29 is 19.1 Å². The maximum absolute atomic E-state index is 12.3. The molecule has 0 aliphatic carbocycles. The largest absolute Gasteiger partial charge is 0.493 e. The second kappa shape index (κ2) is 10.5. The Bertz CT molecular complexity index is 784. The smallest absolute Gasteiger partial charge is 0.260 e. The van der Waals surface area contributed by atoms with Gasteiger partial charge in [-0.2, -0.15) is 0 Å². The number of nitrogens with one attached hydrogen (secondary N) is 1. The van der Waals surface area contributed by atoms with Crippen molar-refractivity contribution in [2.75, 3.05) is 26.3 Å². The van der Waals surface area contributed by atoms with Gasteiger partial charge in [0.05, 0.1) is 13.0 Å². The van der Waals surface area contributed by atoms with E-state index in [1.165, 1.54) is 0 Å². The molecule has 3 rings (SSSR count). The van der Waals surface area contributed by atoms with Crippen molar-refractivity contribution in [1.82, 2.24) is 10.2 Å². The third-order valence-electron chi connectivity index (χ3n) is 4.94. The van der Waals surface area contributed by atoms with Crippen molar-refractivity contribution in [2.24, 2.45) is 0 Å². The lowest BCUT2D eigenvalue weighted by molar-refractivity contribution is -0.134. The summed E-state index contributed by atoms with van der Waals surface area (Å²) in [6.07, 6.45) is 1.82. The topological polar surface area (TPSA) is 67.9 Å². The van der Waals surface area contributed by atoms with Crippen LogP contribution in [-0.2, 0) is 9.59 Å². The fourth-order valence-corrected chi connectivity index (χ4v) is 3.22. The molecule has 0 bridgehead atoms. The number of hydrogen-bond acceptors (Lipinski definition) is 4. The van der Waals surface area contributed by atoms with Crippen molar-refractivity contribution in [1.29, 1.82) is 0 Å². The summed E-state index contributed by atoms with van der Waals surface area (Å²) in [4.78, 5) is 26.2. The van der Waals surface area contributed by atoms with Gasteiger partial charge in [-0.25, -0.2) is 0 Å². The zero-order valence-electron chi connectivity index (χ0n) is 16.8. The van der Waals surface area contributed by atoms with E-state index in [1.807, 2.05) is 61.5 Å². The molecular formula is C23H28N2O4. The summed E-state index contributed by atoms with van der Waals surface area (Å²) >= 11 is 0. The van der Waals surface area contributed by atoms with E-state index in [-0.39, 0.29) is 24.5 Å². The molecule has 2 amide bonds. The lowest BCUT2D eigenvalue weighted by Gasteiger charge is -2.32. The number of rotatable bonds is 8. The van der Waals surface area contributed by atoms with Gasteiger partial charge in [0, 0.05) is 19.1 Å². The van der Waals surface area contributed by atoms with E-state index >= 15 is 0 Å². The van der Waals surface area contributed by atoms with Crippen molar-refractivity contribution in [3.05, 3.63) is 60.2 Å². The lowest BCUT2D eigenvalue weighted by Crippen LogP contribution is -2.47. The van der Waals surface area contributed by atoms with Crippen molar-refractivity contribution >= 4 is 11.8 Å². The third kappa shape index (κ3) is 6.82. The van der Waals surface area contributed by atoms with Gasteiger partial charge < -0.3 is 19.7 Å². The van der Waals surface area contributed by atoms with Gasteiger partial charge in [0.2, 0.25) is 5.91 Å². The van der Waals surface area contributed by atoms with Gasteiger partial charge in [0.25, 0.3) is 5.91 Å². The number of amides is 2. The maximum Gasteiger partial charge on any atom is 0.260 e. The Hall–Kier alpha value is -3.02. The predicted molar refractivity (Wildman–Crippen MR) is 111 cm³/mol. The van der Waals surface area contributed by atoms with Crippen LogP contribution < -0.4 is 14.8 Å². The number of piperidine rings is 1. The molecule has 2 aromatic rings. The molecule has 1 aliphatic heterocycles. The van der Waals surface area contributed by atoms with Gasteiger partial charge >= 0.3 is 0 Å². The van der Waals surface area contributed by atoms with Gasteiger partial charge in [0.1, 0.15) is 11.5 Å². The number of aryl methyl sites for hydroxylation is 1. The molecule has 0 aromatic heterocycles. The highest BCUT2D eigenvalue weighted by Gasteiger charge is 2.24. The van der Waals surface area contributed by atoms with E-state index in [4.69, 9.17) is 9.47 Å². The minimum Gasteiger partial charge on any atom is -0.493 e. The highest BCUT2D eigenvalue weighted by Crippen LogP contribution is 2.14. The van der Waals surface area contributed by atoms with Crippen LogP contribution in [0.15, 0.2) is 54.6 Å². The zero-order valence-corrected chi connectivity index (χ0v) is 16.8. The highest BCUT2D eigenvalue weighted by atomic mass is 16.5. The van der Waals surface area contributed by atoms with Crippen molar-refractivity contribution in [2.45, 2.75) is 32.2 Å². The Morgan fingerprint density at radius 1 is 0.966 bits per heavy atom. The first-order valence-corrected chi connectivity index (χ1v) is 10.0. The second-order valence-corrected chi connectivity index (χ2v) is 7.24. The fourth-order valence-electron chi connectivity index (χ4n) is 3.22. The summed E-state index contributed by atoms with van der Waals surface area (Å²) in [6.45, 7) is 3.65. The number of benzene rings is 2. The quantitative estimate of drug-likeness (QED) is 0.745. The second-order valence-electron chi connectivity index (χ2n) is 7.24. The first-order valence-electron chi connectivity index (χ1n) is 10.0. The molecule has 0 radical (unpaired) electrons. The molecule has 1 heterocycles. The number of carbonyl (C=O) groups is 2. The molecule has 6 nitrogen and oxygen atoms in total. The number of likely N-dealkylation sites (tertiary alicyclic amines) is 1.